The Bertz CT molecular complexity index is 2260. The lowest BCUT2D eigenvalue weighted by Crippen LogP contribution is -2.36. The number of fused-ring (bicyclic) bond motifs is 3. The molecule has 2 heterocycles. The van der Waals surface area contributed by atoms with Crippen LogP contribution in [-0.4, -0.2) is 67.2 Å². The molecule has 12 nitrogen and oxygen atoms in total. The van der Waals surface area contributed by atoms with Gasteiger partial charge in [-0.25, -0.2) is 13.2 Å². The molecule has 13 heteroatoms. The highest BCUT2D eigenvalue weighted by molar-refractivity contribution is 7.92. The van der Waals surface area contributed by atoms with Crippen molar-refractivity contribution in [3.8, 4) is 22.9 Å². The van der Waals surface area contributed by atoms with Crippen molar-refractivity contribution >= 4 is 43.9 Å². The monoisotopic (exact) mass is 723 g/mol. The Kier molecular flexibility index (Phi) is 9.57. The van der Waals surface area contributed by atoms with Crippen LogP contribution in [0.4, 0.5) is 21.9 Å². The van der Waals surface area contributed by atoms with Crippen LogP contribution in [0.3, 0.4) is 0 Å². The highest BCUT2D eigenvalue weighted by atomic mass is 32.2. The fourth-order valence-electron chi connectivity index (χ4n) is 7.15. The van der Waals surface area contributed by atoms with E-state index in [-0.39, 0.29) is 16.9 Å². The topological polar surface area (TPSA) is 140 Å². The lowest BCUT2D eigenvalue weighted by Gasteiger charge is -2.28. The molecule has 0 radical (unpaired) electrons. The maximum absolute atomic E-state index is 13.4. The van der Waals surface area contributed by atoms with Gasteiger partial charge in [0.05, 0.1) is 31.3 Å². The van der Waals surface area contributed by atoms with E-state index in [1.807, 2.05) is 39.0 Å². The Balaban J connectivity index is 1.00. The number of hydrogen-bond donors (Lipinski definition) is 3. The summed E-state index contributed by atoms with van der Waals surface area (Å²) in [6.07, 6.45) is 3.74. The predicted octanol–water partition coefficient (Wildman–Crippen LogP) is 6.80. The van der Waals surface area contributed by atoms with Gasteiger partial charge in [0.1, 0.15) is 18.2 Å². The average molecular weight is 724 g/mol. The van der Waals surface area contributed by atoms with Gasteiger partial charge in [-0.05, 0) is 76.4 Å². The Morgan fingerprint density at radius 3 is 2.44 bits per heavy atom. The van der Waals surface area contributed by atoms with Gasteiger partial charge < -0.3 is 24.7 Å². The van der Waals surface area contributed by atoms with Gasteiger partial charge in [0.15, 0.2) is 11.6 Å². The number of methoxy groups -OCH3 is 1. The van der Waals surface area contributed by atoms with Crippen molar-refractivity contribution in [2.45, 2.75) is 58.5 Å². The SMILES string of the molecule is COc1c(NC(=O)Nc2ccc(OCCN3CCn4c(nnc4-c4cccc5ccccc45)C3)c3c2CCC3)cc(C(C)(C)C)cc1NS(C)(=O)=O. The molecule has 1 aromatic heterocycles. The molecular formula is C39H45N7O5S. The van der Waals surface area contributed by atoms with Crippen molar-refractivity contribution in [2.24, 2.45) is 0 Å². The maximum Gasteiger partial charge on any atom is 0.323 e. The molecule has 2 aliphatic rings. The third-order valence-corrected chi connectivity index (χ3v) is 10.3. The Morgan fingerprint density at radius 2 is 1.65 bits per heavy atom. The van der Waals surface area contributed by atoms with Crippen LogP contribution in [0.5, 0.6) is 11.5 Å². The van der Waals surface area contributed by atoms with Gasteiger partial charge in [-0.1, -0.05) is 63.2 Å². The van der Waals surface area contributed by atoms with Gasteiger partial charge in [-0.15, -0.1) is 10.2 Å². The minimum Gasteiger partial charge on any atom is -0.492 e. The van der Waals surface area contributed by atoms with Crippen LogP contribution in [0, 0.1) is 0 Å². The molecule has 0 spiro atoms. The number of carbonyl (C=O) groups is 1. The Labute approximate surface area is 304 Å². The predicted molar refractivity (Wildman–Crippen MR) is 205 cm³/mol. The van der Waals surface area contributed by atoms with Crippen LogP contribution in [0.25, 0.3) is 22.2 Å². The van der Waals surface area contributed by atoms with E-state index in [2.05, 4.69) is 77.5 Å². The lowest BCUT2D eigenvalue weighted by molar-refractivity contribution is 0.174. The van der Waals surface area contributed by atoms with E-state index < -0.39 is 16.1 Å². The number of sulfonamides is 1. The number of benzene rings is 4. The molecule has 0 unspecified atom stereocenters. The fraction of sp³-hybridized carbons (Fsp3) is 0.359. The average Bonchev–Trinajstić information content (AvgIpc) is 3.76. The maximum atomic E-state index is 13.4. The van der Waals surface area contributed by atoms with Crippen molar-refractivity contribution in [3.05, 3.63) is 89.2 Å². The number of aromatic nitrogens is 3. The Morgan fingerprint density at radius 1 is 0.904 bits per heavy atom. The zero-order valence-electron chi connectivity index (χ0n) is 30.2. The van der Waals surface area contributed by atoms with Crippen LogP contribution in [0.2, 0.25) is 0 Å². The number of rotatable bonds is 10. The molecule has 272 valence electrons. The van der Waals surface area contributed by atoms with E-state index >= 15 is 0 Å². The molecule has 52 heavy (non-hydrogen) atoms. The second kappa shape index (κ2) is 14.1. The molecule has 7 rings (SSSR count). The van der Waals surface area contributed by atoms with E-state index in [0.717, 1.165) is 90.5 Å². The first-order valence-electron chi connectivity index (χ1n) is 17.6. The summed E-state index contributed by atoms with van der Waals surface area (Å²) in [5.41, 5.74) is 5.12. The van der Waals surface area contributed by atoms with Crippen molar-refractivity contribution in [2.75, 3.05) is 48.4 Å². The summed E-state index contributed by atoms with van der Waals surface area (Å²) >= 11 is 0. The molecule has 4 aromatic carbocycles. The van der Waals surface area contributed by atoms with E-state index in [0.29, 0.717) is 18.8 Å². The molecule has 0 saturated heterocycles. The zero-order chi connectivity index (χ0) is 36.6. The normalized spacial score (nSPS) is 14.5. The summed E-state index contributed by atoms with van der Waals surface area (Å²) in [6, 6.07) is 21.6. The number of anilines is 3. The first-order chi connectivity index (χ1) is 24.9. The third-order valence-electron chi connectivity index (χ3n) is 9.72. The van der Waals surface area contributed by atoms with E-state index in [4.69, 9.17) is 9.47 Å². The first-order valence-corrected chi connectivity index (χ1v) is 19.5. The number of amides is 2. The number of hydrogen-bond acceptors (Lipinski definition) is 8. The number of urea groups is 1. The summed E-state index contributed by atoms with van der Waals surface area (Å²) in [7, 11) is -2.16. The zero-order valence-corrected chi connectivity index (χ0v) is 31.1. The number of nitrogens with zero attached hydrogens (tertiary/aromatic N) is 4. The van der Waals surface area contributed by atoms with Crippen LogP contribution in [-0.2, 0) is 41.4 Å². The first kappa shape index (κ1) is 35.3. The quantitative estimate of drug-likeness (QED) is 0.143. The smallest absolute Gasteiger partial charge is 0.323 e. The summed E-state index contributed by atoms with van der Waals surface area (Å²) < 4.78 is 40.9. The molecule has 0 bridgehead atoms. The molecule has 5 aromatic rings. The van der Waals surface area contributed by atoms with Gasteiger partial charge in [0.25, 0.3) is 0 Å². The molecule has 1 aliphatic heterocycles. The third kappa shape index (κ3) is 7.42. The van der Waals surface area contributed by atoms with Crippen molar-refractivity contribution in [1.29, 1.82) is 0 Å². The minimum atomic E-state index is -3.60. The standard InChI is InChI=1S/C39H45N7O5S/c1-39(2,3)26-22-32(36(50-4)33(23-26)44-52(5,48)49)41-38(47)40-31-16-17-34(29-14-9-13-28(29)31)51-21-20-45-18-19-46-35(24-45)42-43-37(46)30-15-8-11-25-10-6-7-12-27(25)30/h6-8,10-12,15-17,22-23,44H,9,13-14,18-21,24H2,1-5H3,(H2,40,41,47). The fourth-order valence-corrected chi connectivity index (χ4v) is 7.71. The van der Waals surface area contributed by atoms with Gasteiger partial charge in [-0.3, -0.25) is 9.62 Å². The molecule has 0 atom stereocenters. The summed E-state index contributed by atoms with van der Waals surface area (Å²) in [4.78, 5) is 15.7. The van der Waals surface area contributed by atoms with Crippen LogP contribution >= 0.6 is 0 Å². The van der Waals surface area contributed by atoms with Crippen LogP contribution in [0.1, 0.15) is 49.7 Å². The summed E-state index contributed by atoms with van der Waals surface area (Å²) in [5.74, 6) is 2.93. The van der Waals surface area contributed by atoms with E-state index in [1.54, 1.807) is 6.07 Å². The lowest BCUT2D eigenvalue weighted by atomic mass is 9.86. The minimum absolute atomic E-state index is 0.224. The highest BCUT2D eigenvalue weighted by Crippen LogP contribution is 2.40. The second-order valence-electron chi connectivity index (χ2n) is 14.5. The number of nitrogens with one attached hydrogen (secondary N) is 3. The molecule has 2 amide bonds. The molecule has 0 saturated carbocycles. The van der Waals surface area contributed by atoms with E-state index in [9.17, 15) is 13.2 Å². The van der Waals surface area contributed by atoms with Crippen molar-refractivity contribution in [1.82, 2.24) is 19.7 Å². The van der Waals surface area contributed by atoms with Crippen LogP contribution < -0.4 is 24.8 Å². The summed E-state index contributed by atoms with van der Waals surface area (Å²) in [5, 5.41) is 17.4. The van der Waals surface area contributed by atoms with Crippen molar-refractivity contribution < 1.29 is 22.7 Å². The highest BCUT2D eigenvalue weighted by Gasteiger charge is 2.26. The van der Waals surface area contributed by atoms with Crippen LogP contribution in [0.15, 0.2) is 66.7 Å². The van der Waals surface area contributed by atoms with Crippen molar-refractivity contribution in [3.63, 3.8) is 0 Å². The van der Waals surface area contributed by atoms with Gasteiger partial charge in [0.2, 0.25) is 10.0 Å². The molecule has 1 aliphatic carbocycles. The molecule has 3 N–H and O–H groups in total. The van der Waals surface area contributed by atoms with Gasteiger partial charge >= 0.3 is 6.03 Å². The van der Waals surface area contributed by atoms with Gasteiger partial charge in [-0.2, -0.15) is 0 Å². The summed E-state index contributed by atoms with van der Waals surface area (Å²) in [6.45, 7) is 9.69. The number of ether oxygens (including phenoxy) is 2. The van der Waals surface area contributed by atoms with E-state index in [1.165, 1.54) is 17.9 Å². The molecule has 0 fully saturated rings. The second-order valence-corrected chi connectivity index (χ2v) is 16.2. The van der Waals surface area contributed by atoms with Gasteiger partial charge in [0, 0.05) is 30.9 Å². The Hall–Kier alpha value is -5.14. The largest absolute Gasteiger partial charge is 0.492 e. The molecular weight excluding hydrogens is 679 g/mol. The number of carbonyl (C=O) groups excluding carboxylic acids is 1.